The molecule has 1 unspecified atom stereocenters. The Morgan fingerprint density at radius 3 is 1.75 bits per heavy atom. The van der Waals surface area contributed by atoms with E-state index in [0.29, 0.717) is 0 Å². The zero-order valence-electron chi connectivity index (χ0n) is 20.4. The second kappa shape index (κ2) is 8.06. The third kappa shape index (κ3) is 3.07. The lowest BCUT2D eigenvalue weighted by atomic mass is 9.98. The Hall–Kier alpha value is -4.44. The number of anilines is 4. The Morgan fingerprint density at radius 2 is 1.11 bits per heavy atom. The lowest BCUT2D eigenvalue weighted by Crippen LogP contribution is -2.36. The lowest BCUT2D eigenvalue weighted by molar-refractivity contribution is 0.723. The molecule has 4 heteroatoms. The first-order valence-corrected chi connectivity index (χ1v) is 12.5. The van der Waals surface area contributed by atoms with E-state index in [9.17, 15) is 0 Å². The number of fused-ring (bicyclic) bond motifs is 5. The molecule has 0 aliphatic carbocycles. The summed E-state index contributed by atoms with van der Waals surface area (Å²) < 4.78 is 0. The first kappa shape index (κ1) is 20.9. The van der Waals surface area contributed by atoms with Gasteiger partial charge in [0.2, 0.25) is 0 Å². The van der Waals surface area contributed by atoms with E-state index in [1.807, 2.05) is 0 Å². The Balaban J connectivity index is 1.55. The summed E-state index contributed by atoms with van der Waals surface area (Å²) in [5.74, 6) is 1.83. The number of hydrogen-bond acceptors (Lipinski definition) is 4. The summed E-state index contributed by atoms with van der Waals surface area (Å²) in [7, 11) is 0. The molecule has 0 spiro atoms. The number of benzene rings is 4. The van der Waals surface area contributed by atoms with E-state index in [1.54, 1.807) is 0 Å². The van der Waals surface area contributed by atoms with Crippen LogP contribution in [0.3, 0.4) is 0 Å². The number of aromatic nitrogens is 2. The summed E-state index contributed by atoms with van der Waals surface area (Å²) in [6, 6.07) is 36.2. The van der Waals surface area contributed by atoms with Crippen molar-refractivity contribution in [3.8, 4) is 22.5 Å². The van der Waals surface area contributed by atoms with Crippen LogP contribution in [0.25, 0.3) is 22.5 Å². The number of nitrogens with zero attached hydrogens (tertiary/aromatic N) is 4. The van der Waals surface area contributed by atoms with Gasteiger partial charge in [-0.05, 0) is 48.7 Å². The minimum Gasteiger partial charge on any atom is -0.301 e. The first-order chi connectivity index (χ1) is 17.7. The van der Waals surface area contributed by atoms with Crippen molar-refractivity contribution in [1.29, 1.82) is 0 Å². The van der Waals surface area contributed by atoms with Crippen molar-refractivity contribution in [2.24, 2.45) is 0 Å². The van der Waals surface area contributed by atoms with Crippen molar-refractivity contribution in [3.05, 3.63) is 120 Å². The SMILES string of the molecule is Cc1ccccc1-c1nc2c(nc1-c1ccccc1C)N1c3ccccc3CC1N2c1ccccc1. The van der Waals surface area contributed by atoms with E-state index < -0.39 is 0 Å². The summed E-state index contributed by atoms with van der Waals surface area (Å²) in [5, 5.41) is 0. The molecule has 2 aliphatic rings. The number of rotatable bonds is 3. The summed E-state index contributed by atoms with van der Waals surface area (Å²) in [5.41, 5.74) is 10.2. The maximum absolute atomic E-state index is 5.44. The highest BCUT2D eigenvalue weighted by Gasteiger charge is 2.45. The minimum absolute atomic E-state index is 0.108. The molecule has 1 aromatic heterocycles. The normalized spacial score (nSPS) is 15.6. The smallest absolute Gasteiger partial charge is 0.179 e. The maximum Gasteiger partial charge on any atom is 0.179 e. The molecule has 7 rings (SSSR count). The summed E-state index contributed by atoms with van der Waals surface area (Å²) >= 11 is 0. The molecule has 174 valence electrons. The predicted molar refractivity (Wildman–Crippen MR) is 147 cm³/mol. The molecule has 3 heterocycles. The van der Waals surface area contributed by atoms with E-state index in [4.69, 9.17) is 9.97 Å². The van der Waals surface area contributed by atoms with Crippen molar-refractivity contribution in [1.82, 2.24) is 9.97 Å². The molecule has 5 aromatic rings. The van der Waals surface area contributed by atoms with Gasteiger partial charge in [-0.3, -0.25) is 0 Å². The van der Waals surface area contributed by atoms with Gasteiger partial charge >= 0.3 is 0 Å². The van der Waals surface area contributed by atoms with Gasteiger partial charge in [-0.2, -0.15) is 0 Å². The largest absolute Gasteiger partial charge is 0.301 e. The van der Waals surface area contributed by atoms with Crippen LogP contribution in [0.4, 0.5) is 23.0 Å². The zero-order chi connectivity index (χ0) is 24.2. The summed E-state index contributed by atoms with van der Waals surface area (Å²) in [6.07, 6.45) is 1.03. The average molecular weight is 467 g/mol. The van der Waals surface area contributed by atoms with Crippen LogP contribution in [-0.2, 0) is 6.42 Å². The van der Waals surface area contributed by atoms with Gasteiger partial charge in [-0.1, -0.05) is 84.9 Å². The molecular weight excluding hydrogens is 440 g/mol. The second-order valence-corrected chi connectivity index (χ2v) is 9.59. The van der Waals surface area contributed by atoms with Gasteiger partial charge in [0.25, 0.3) is 0 Å². The predicted octanol–water partition coefficient (Wildman–Crippen LogP) is 7.60. The van der Waals surface area contributed by atoms with Gasteiger partial charge in [0.05, 0.1) is 11.4 Å². The molecular formula is C32H26N4. The lowest BCUT2D eigenvalue weighted by Gasteiger charge is -2.26. The molecule has 0 saturated heterocycles. The van der Waals surface area contributed by atoms with Crippen LogP contribution in [0.2, 0.25) is 0 Å². The fraction of sp³-hybridized carbons (Fsp3) is 0.125. The van der Waals surface area contributed by atoms with E-state index in [-0.39, 0.29) is 6.17 Å². The zero-order valence-corrected chi connectivity index (χ0v) is 20.4. The second-order valence-electron chi connectivity index (χ2n) is 9.59. The van der Waals surface area contributed by atoms with Crippen LogP contribution < -0.4 is 9.80 Å². The molecule has 0 radical (unpaired) electrons. The van der Waals surface area contributed by atoms with Crippen molar-refractivity contribution in [2.75, 3.05) is 9.80 Å². The molecule has 0 fully saturated rings. The molecule has 36 heavy (non-hydrogen) atoms. The topological polar surface area (TPSA) is 32.3 Å². The Labute approximate surface area is 211 Å². The van der Waals surface area contributed by atoms with Crippen molar-refractivity contribution in [2.45, 2.75) is 26.4 Å². The molecule has 0 saturated carbocycles. The van der Waals surface area contributed by atoms with Gasteiger partial charge in [0.15, 0.2) is 11.6 Å². The fourth-order valence-corrected chi connectivity index (χ4v) is 5.65. The molecule has 0 bridgehead atoms. The van der Waals surface area contributed by atoms with Crippen LogP contribution in [0, 0.1) is 13.8 Å². The van der Waals surface area contributed by atoms with Crippen LogP contribution in [0.1, 0.15) is 16.7 Å². The molecule has 2 aliphatic heterocycles. The number of para-hydroxylation sites is 2. The highest BCUT2D eigenvalue weighted by atomic mass is 15.5. The molecule has 4 aromatic carbocycles. The highest BCUT2D eigenvalue weighted by molar-refractivity contribution is 5.92. The summed E-state index contributed by atoms with van der Waals surface area (Å²) in [6.45, 7) is 4.30. The van der Waals surface area contributed by atoms with E-state index in [2.05, 4.69) is 127 Å². The highest BCUT2D eigenvalue weighted by Crippen LogP contribution is 2.52. The third-order valence-corrected chi connectivity index (χ3v) is 7.40. The Morgan fingerprint density at radius 1 is 0.583 bits per heavy atom. The van der Waals surface area contributed by atoms with Gasteiger partial charge in [0, 0.05) is 28.9 Å². The minimum atomic E-state index is 0.108. The summed E-state index contributed by atoms with van der Waals surface area (Å²) in [4.78, 5) is 15.6. The molecule has 4 nitrogen and oxygen atoms in total. The maximum atomic E-state index is 5.44. The molecule has 1 atom stereocenters. The first-order valence-electron chi connectivity index (χ1n) is 12.5. The monoisotopic (exact) mass is 466 g/mol. The van der Waals surface area contributed by atoms with E-state index >= 15 is 0 Å². The van der Waals surface area contributed by atoms with Crippen molar-refractivity contribution >= 4 is 23.0 Å². The van der Waals surface area contributed by atoms with E-state index in [0.717, 1.165) is 46.3 Å². The van der Waals surface area contributed by atoms with Crippen molar-refractivity contribution < 1.29 is 0 Å². The van der Waals surface area contributed by atoms with Crippen LogP contribution >= 0.6 is 0 Å². The van der Waals surface area contributed by atoms with E-state index in [1.165, 1.54) is 22.4 Å². The standard InChI is InChI=1S/C32H26N4/c1-21-12-6-9-17-25(21)29-30(26-18-10-7-13-22(26)2)34-32-31(33-29)35(24-15-4-3-5-16-24)28-20-23-14-8-11-19-27(23)36(28)32/h3-19,28H,20H2,1-2H3. The Kier molecular flexibility index (Phi) is 4.68. The molecule has 0 N–H and O–H groups in total. The van der Waals surface area contributed by atoms with Crippen LogP contribution in [0.15, 0.2) is 103 Å². The quantitative estimate of drug-likeness (QED) is 0.274. The van der Waals surface area contributed by atoms with Gasteiger partial charge < -0.3 is 9.80 Å². The van der Waals surface area contributed by atoms with Gasteiger partial charge in [0.1, 0.15) is 6.17 Å². The van der Waals surface area contributed by atoms with Crippen LogP contribution in [-0.4, -0.2) is 16.1 Å². The number of aryl methyl sites for hydroxylation is 2. The number of hydrogen-bond donors (Lipinski definition) is 0. The van der Waals surface area contributed by atoms with Crippen LogP contribution in [0.5, 0.6) is 0 Å². The Bertz CT molecular complexity index is 1540. The molecule has 0 amide bonds. The van der Waals surface area contributed by atoms with Crippen molar-refractivity contribution in [3.63, 3.8) is 0 Å². The fourth-order valence-electron chi connectivity index (χ4n) is 5.65. The third-order valence-electron chi connectivity index (χ3n) is 7.40. The van der Waals surface area contributed by atoms with Gasteiger partial charge in [-0.25, -0.2) is 9.97 Å². The van der Waals surface area contributed by atoms with Gasteiger partial charge in [-0.15, -0.1) is 0 Å². The average Bonchev–Trinajstić information content (AvgIpc) is 3.43.